The Morgan fingerprint density at radius 3 is 2.72 bits per heavy atom. The number of rotatable bonds is 5. The number of nitriles is 1. The third-order valence-corrected chi connectivity index (χ3v) is 5.20. The molecule has 0 bridgehead atoms. The molecule has 2 aromatic rings. The summed E-state index contributed by atoms with van der Waals surface area (Å²) in [7, 11) is 1.68. The quantitative estimate of drug-likeness (QED) is 0.554. The minimum absolute atomic E-state index is 0.0479. The summed E-state index contributed by atoms with van der Waals surface area (Å²) < 4.78 is 5.74. The van der Waals surface area contributed by atoms with Crippen molar-refractivity contribution in [1.82, 2.24) is 25.2 Å². The highest BCUT2D eigenvalue weighted by molar-refractivity contribution is 5.97. The molecule has 1 aliphatic rings. The molecule has 3 heterocycles. The van der Waals surface area contributed by atoms with E-state index in [9.17, 15) is 4.79 Å². The fourth-order valence-corrected chi connectivity index (χ4v) is 3.32. The molecule has 0 unspecified atom stereocenters. The molecular weight excluding hydrogens is 408 g/mol. The number of aliphatic imine (C=N–C) groups is 1. The lowest BCUT2D eigenvalue weighted by Gasteiger charge is -2.41. The van der Waals surface area contributed by atoms with Crippen molar-refractivity contribution < 1.29 is 9.53 Å². The van der Waals surface area contributed by atoms with E-state index in [1.165, 1.54) is 6.20 Å². The summed E-state index contributed by atoms with van der Waals surface area (Å²) in [5.41, 5.74) is 1.24. The number of nitrogens with zero attached hydrogens (tertiary/aromatic N) is 7. The Hall–Kier alpha value is -3.74. The topological polar surface area (TPSA) is 120 Å². The second-order valence-corrected chi connectivity index (χ2v) is 7.83. The Balaban J connectivity index is 1.59. The maximum Gasteiger partial charge on any atom is 0.229 e. The summed E-state index contributed by atoms with van der Waals surface area (Å²) in [6.07, 6.45) is 6.41. The number of guanidine groups is 1. The fourth-order valence-electron chi connectivity index (χ4n) is 3.32. The van der Waals surface area contributed by atoms with Gasteiger partial charge in [-0.1, -0.05) is 13.8 Å². The van der Waals surface area contributed by atoms with Crippen LogP contribution in [0.15, 0.2) is 35.8 Å². The molecule has 1 saturated heterocycles. The molecule has 1 aliphatic heterocycles. The smallest absolute Gasteiger partial charge is 0.229 e. The number of piperazine rings is 1. The highest BCUT2D eigenvalue weighted by Crippen LogP contribution is 2.19. The second kappa shape index (κ2) is 10.5. The number of hydrogen-bond donors (Lipinski definition) is 1. The lowest BCUT2D eigenvalue weighted by atomic mass is 10.2. The van der Waals surface area contributed by atoms with E-state index < -0.39 is 0 Å². The van der Waals surface area contributed by atoms with E-state index in [0.29, 0.717) is 42.9 Å². The summed E-state index contributed by atoms with van der Waals surface area (Å²) in [6.45, 7) is 8.11. The van der Waals surface area contributed by atoms with Gasteiger partial charge in [0.05, 0.1) is 18.0 Å². The third-order valence-electron chi connectivity index (χ3n) is 5.20. The molecule has 32 heavy (non-hydrogen) atoms. The number of anilines is 1. The maximum atomic E-state index is 12.1. The zero-order chi connectivity index (χ0) is 23.1. The molecule has 10 heteroatoms. The average Bonchev–Trinajstić information content (AvgIpc) is 2.81. The first kappa shape index (κ1) is 22.9. The second-order valence-electron chi connectivity index (χ2n) is 7.83. The molecule has 2 aromatic heterocycles. The molecule has 0 aliphatic carbocycles. The monoisotopic (exact) mass is 436 g/mol. The predicted molar refractivity (Wildman–Crippen MR) is 120 cm³/mol. The summed E-state index contributed by atoms with van der Waals surface area (Å²) in [5.74, 6) is 1.58. The molecule has 10 nitrogen and oxygen atoms in total. The van der Waals surface area contributed by atoms with Gasteiger partial charge in [0, 0.05) is 56.6 Å². The zero-order valence-electron chi connectivity index (χ0n) is 18.8. The molecule has 3 rings (SSSR count). The fraction of sp³-hybridized carbons (Fsp3) is 0.455. The van der Waals surface area contributed by atoms with Gasteiger partial charge in [-0.3, -0.25) is 20.1 Å². The van der Waals surface area contributed by atoms with E-state index in [4.69, 9.17) is 10.00 Å². The maximum absolute atomic E-state index is 12.1. The summed E-state index contributed by atoms with van der Waals surface area (Å²) in [6, 6.07) is 3.98. The highest BCUT2D eigenvalue weighted by atomic mass is 16.5. The molecule has 1 atom stereocenters. The minimum Gasteiger partial charge on any atom is -0.486 e. The van der Waals surface area contributed by atoms with Crippen molar-refractivity contribution in [2.24, 2.45) is 10.9 Å². The average molecular weight is 437 g/mol. The summed E-state index contributed by atoms with van der Waals surface area (Å²) in [5, 5.41) is 12.1. The van der Waals surface area contributed by atoms with E-state index in [1.54, 1.807) is 31.7 Å². The number of carbonyl (C=O) groups is 1. The first-order chi connectivity index (χ1) is 15.4. The normalized spacial score (nSPS) is 16.6. The van der Waals surface area contributed by atoms with Gasteiger partial charge in [-0.15, -0.1) is 0 Å². The van der Waals surface area contributed by atoms with Crippen LogP contribution in [-0.2, 0) is 11.4 Å². The Morgan fingerprint density at radius 1 is 1.34 bits per heavy atom. The number of hydrogen-bond acceptors (Lipinski definition) is 8. The molecular formula is C22H28N8O2. The molecule has 0 saturated carbocycles. The van der Waals surface area contributed by atoms with Gasteiger partial charge in [-0.2, -0.15) is 5.26 Å². The van der Waals surface area contributed by atoms with Gasteiger partial charge >= 0.3 is 0 Å². The SMILES string of the molecule is CN=C(NC(=O)C(C)C)N1CCN(c2ncc(OCc3ccncc3C#N)cn2)[C@H](C)C1. The zero-order valence-corrected chi connectivity index (χ0v) is 18.8. The van der Waals surface area contributed by atoms with Gasteiger partial charge in [0.25, 0.3) is 0 Å². The number of ether oxygens (including phenoxy) is 1. The number of pyridine rings is 1. The van der Waals surface area contributed by atoms with Crippen molar-refractivity contribution in [3.8, 4) is 11.8 Å². The van der Waals surface area contributed by atoms with Crippen LogP contribution in [0.5, 0.6) is 5.75 Å². The van der Waals surface area contributed by atoms with E-state index in [1.807, 2.05) is 13.8 Å². The van der Waals surface area contributed by atoms with E-state index in [2.05, 4.69) is 48.1 Å². The first-order valence-electron chi connectivity index (χ1n) is 10.5. The van der Waals surface area contributed by atoms with Crippen LogP contribution in [0.1, 0.15) is 31.9 Å². The van der Waals surface area contributed by atoms with Crippen LogP contribution in [0.25, 0.3) is 0 Å². The van der Waals surface area contributed by atoms with Crippen LogP contribution in [0.4, 0.5) is 5.95 Å². The van der Waals surface area contributed by atoms with Gasteiger partial charge in [-0.25, -0.2) is 9.97 Å². The van der Waals surface area contributed by atoms with Gasteiger partial charge in [0.15, 0.2) is 5.75 Å². The molecule has 168 valence electrons. The third kappa shape index (κ3) is 5.49. The molecule has 1 fully saturated rings. The molecule has 0 spiro atoms. The van der Waals surface area contributed by atoms with Crippen LogP contribution in [-0.4, -0.2) is 64.4 Å². The highest BCUT2D eigenvalue weighted by Gasteiger charge is 2.28. The summed E-state index contributed by atoms with van der Waals surface area (Å²) in [4.78, 5) is 33.4. The first-order valence-corrected chi connectivity index (χ1v) is 10.5. The minimum atomic E-state index is -0.107. The van der Waals surface area contributed by atoms with Crippen molar-refractivity contribution in [3.05, 3.63) is 42.0 Å². The standard InChI is InChI=1S/C22H28N8O2/c1-15(2)20(31)28-21(24-4)29-7-8-30(16(3)13-29)22-26-11-19(12-27-22)32-14-17-5-6-25-10-18(17)9-23/h5-6,10-12,15-16H,7-8,13-14H2,1-4H3,(H,24,28,31)/t16-/m1/s1. The van der Waals surface area contributed by atoms with E-state index >= 15 is 0 Å². The van der Waals surface area contributed by atoms with E-state index in [0.717, 1.165) is 5.56 Å². The number of amides is 1. The van der Waals surface area contributed by atoms with Crippen LogP contribution < -0.4 is 15.0 Å². The molecule has 0 radical (unpaired) electrons. The van der Waals surface area contributed by atoms with Crippen LogP contribution in [0, 0.1) is 17.2 Å². The van der Waals surface area contributed by atoms with Crippen LogP contribution in [0.2, 0.25) is 0 Å². The van der Waals surface area contributed by atoms with Gasteiger partial charge in [0.2, 0.25) is 17.8 Å². The van der Waals surface area contributed by atoms with Crippen molar-refractivity contribution in [3.63, 3.8) is 0 Å². The summed E-state index contributed by atoms with van der Waals surface area (Å²) >= 11 is 0. The van der Waals surface area contributed by atoms with Crippen molar-refractivity contribution >= 4 is 17.8 Å². The Bertz CT molecular complexity index is 1000. The molecule has 0 aromatic carbocycles. The van der Waals surface area contributed by atoms with Crippen LogP contribution >= 0.6 is 0 Å². The predicted octanol–water partition coefficient (Wildman–Crippen LogP) is 1.59. The Morgan fingerprint density at radius 2 is 2.09 bits per heavy atom. The Labute approximate surface area is 188 Å². The number of aromatic nitrogens is 3. The lowest BCUT2D eigenvalue weighted by Crippen LogP contribution is -2.57. The van der Waals surface area contributed by atoms with Gasteiger partial charge in [0.1, 0.15) is 12.7 Å². The molecule has 1 amide bonds. The van der Waals surface area contributed by atoms with Crippen LogP contribution in [0.3, 0.4) is 0 Å². The largest absolute Gasteiger partial charge is 0.486 e. The van der Waals surface area contributed by atoms with Crippen molar-refractivity contribution in [2.75, 3.05) is 31.6 Å². The van der Waals surface area contributed by atoms with Crippen molar-refractivity contribution in [1.29, 1.82) is 5.26 Å². The number of nitrogens with one attached hydrogen (secondary N) is 1. The van der Waals surface area contributed by atoms with Gasteiger partial charge < -0.3 is 14.5 Å². The van der Waals surface area contributed by atoms with Crippen molar-refractivity contribution in [2.45, 2.75) is 33.4 Å². The number of carbonyl (C=O) groups excluding carboxylic acids is 1. The van der Waals surface area contributed by atoms with Gasteiger partial charge in [-0.05, 0) is 13.0 Å². The lowest BCUT2D eigenvalue weighted by molar-refractivity contribution is -0.122. The molecule has 1 N–H and O–H groups in total. The Kier molecular flexibility index (Phi) is 7.54. The van der Waals surface area contributed by atoms with E-state index in [-0.39, 0.29) is 24.5 Å².